The van der Waals surface area contributed by atoms with Gasteiger partial charge in [-0.05, 0) is 30.7 Å². The quantitative estimate of drug-likeness (QED) is 0.168. The Morgan fingerprint density at radius 1 is 1.17 bits per heavy atom. The molecule has 0 aliphatic heterocycles. The number of nitrogen functional groups attached to an aromatic ring is 1. The second-order valence-corrected chi connectivity index (χ2v) is 7.42. The lowest BCUT2D eigenvalue weighted by atomic mass is 10.1. The molecule has 0 bridgehead atoms. The number of benzene rings is 1. The maximum Gasteiger partial charge on any atom is 0.326 e. The van der Waals surface area contributed by atoms with Gasteiger partial charge >= 0.3 is 11.9 Å². The van der Waals surface area contributed by atoms with E-state index in [1.807, 2.05) is 0 Å². The van der Waals surface area contributed by atoms with Crippen LogP contribution in [0.25, 0.3) is 11.2 Å². The third-order valence-electron chi connectivity index (χ3n) is 4.80. The van der Waals surface area contributed by atoms with Crippen molar-refractivity contribution in [3.05, 3.63) is 52.1 Å². The summed E-state index contributed by atoms with van der Waals surface area (Å²) in [6, 6.07) is 4.50. The number of aromatic nitrogens is 4. The van der Waals surface area contributed by atoms with Crippen molar-refractivity contribution in [3.63, 3.8) is 0 Å². The summed E-state index contributed by atoms with van der Waals surface area (Å²) in [4.78, 5) is 66.7. The Balaban J connectivity index is 1.77. The van der Waals surface area contributed by atoms with E-state index >= 15 is 0 Å². The molecule has 1 aromatic carbocycles. The third kappa shape index (κ3) is 6.71. The van der Waals surface area contributed by atoms with Gasteiger partial charge in [0, 0.05) is 12.0 Å². The van der Waals surface area contributed by atoms with E-state index in [1.165, 1.54) is 35.5 Å². The number of amides is 1. The van der Waals surface area contributed by atoms with Gasteiger partial charge in [-0.25, -0.2) is 19.8 Å². The molecular weight excluding hydrogens is 478 g/mol. The van der Waals surface area contributed by atoms with Crippen molar-refractivity contribution in [2.75, 3.05) is 24.0 Å². The molecule has 0 aliphatic rings. The van der Waals surface area contributed by atoms with E-state index in [2.05, 4.69) is 25.3 Å². The van der Waals surface area contributed by atoms with Crippen molar-refractivity contribution >= 4 is 40.6 Å². The van der Waals surface area contributed by atoms with Crippen LogP contribution in [0.15, 0.2) is 35.3 Å². The number of carbonyl (C=O) groups excluding carboxylic acids is 1. The van der Waals surface area contributed by atoms with Crippen LogP contribution in [-0.2, 0) is 21.0 Å². The SMILES string of the molecule is Nc1nc2ncc(CN(OCCO)c3ccc(C(=O)N[C@@H](CCC(=O)O)C(=O)O)cc3)nc2c(=O)[nH]1. The smallest absolute Gasteiger partial charge is 0.326 e. The zero-order chi connectivity index (χ0) is 26.2. The van der Waals surface area contributed by atoms with Gasteiger partial charge in [-0.1, -0.05) is 0 Å². The summed E-state index contributed by atoms with van der Waals surface area (Å²) in [5.74, 6) is -3.32. The predicted molar refractivity (Wildman–Crippen MR) is 124 cm³/mol. The molecule has 0 fully saturated rings. The Morgan fingerprint density at radius 3 is 2.53 bits per heavy atom. The zero-order valence-corrected chi connectivity index (χ0v) is 18.7. The minimum Gasteiger partial charge on any atom is -0.481 e. The van der Waals surface area contributed by atoms with E-state index in [4.69, 9.17) is 15.7 Å². The van der Waals surface area contributed by atoms with Gasteiger partial charge in [0.25, 0.3) is 11.5 Å². The van der Waals surface area contributed by atoms with Crippen LogP contribution in [0.5, 0.6) is 0 Å². The second kappa shape index (κ2) is 11.7. The van der Waals surface area contributed by atoms with Crippen LogP contribution in [0.4, 0.5) is 11.6 Å². The molecule has 3 rings (SSSR count). The highest BCUT2D eigenvalue weighted by atomic mass is 16.7. The molecule has 15 nitrogen and oxygen atoms in total. The minimum atomic E-state index is -1.36. The maximum atomic E-state index is 12.5. The molecule has 190 valence electrons. The van der Waals surface area contributed by atoms with Crippen LogP contribution in [0.2, 0.25) is 0 Å². The van der Waals surface area contributed by atoms with E-state index in [1.54, 1.807) is 0 Å². The van der Waals surface area contributed by atoms with Crippen molar-refractivity contribution in [1.82, 2.24) is 25.3 Å². The third-order valence-corrected chi connectivity index (χ3v) is 4.80. The summed E-state index contributed by atoms with van der Waals surface area (Å²) in [6.07, 6.45) is 0.698. The van der Waals surface area contributed by atoms with E-state index in [0.29, 0.717) is 11.4 Å². The number of fused-ring (bicyclic) bond motifs is 1. The van der Waals surface area contributed by atoms with Gasteiger partial charge in [0.1, 0.15) is 6.04 Å². The average Bonchev–Trinajstić information content (AvgIpc) is 2.84. The van der Waals surface area contributed by atoms with Gasteiger partial charge in [-0.2, -0.15) is 4.98 Å². The molecule has 1 atom stereocenters. The number of carboxylic acids is 2. The van der Waals surface area contributed by atoms with Gasteiger partial charge < -0.3 is 26.4 Å². The molecule has 2 heterocycles. The molecule has 15 heteroatoms. The Kier molecular flexibility index (Phi) is 8.43. The summed E-state index contributed by atoms with van der Waals surface area (Å²) in [5, 5.41) is 30.8. The number of carboxylic acid groups (broad SMARTS) is 2. The highest BCUT2D eigenvalue weighted by molar-refractivity contribution is 5.97. The number of aliphatic hydroxyl groups excluding tert-OH is 1. The molecule has 0 unspecified atom stereocenters. The van der Waals surface area contributed by atoms with Crippen molar-refractivity contribution in [1.29, 1.82) is 0 Å². The number of hydrogen-bond donors (Lipinski definition) is 6. The number of aliphatic hydroxyl groups is 1. The number of hydrogen-bond acceptors (Lipinski definition) is 11. The lowest BCUT2D eigenvalue weighted by molar-refractivity contribution is -0.140. The largest absolute Gasteiger partial charge is 0.481 e. The number of aromatic amines is 1. The molecular formula is C21H23N7O8. The predicted octanol–water partition coefficient (Wildman–Crippen LogP) is -0.726. The fourth-order valence-electron chi connectivity index (χ4n) is 3.10. The maximum absolute atomic E-state index is 12.5. The van der Waals surface area contributed by atoms with Crippen molar-refractivity contribution in [3.8, 4) is 0 Å². The fraction of sp³-hybridized carbons (Fsp3) is 0.286. The zero-order valence-electron chi connectivity index (χ0n) is 18.7. The number of hydroxylamine groups is 1. The average molecular weight is 501 g/mol. The topological polar surface area (TPSA) is 234 Å². The normalized spacial score (nSPS) is 11.7. The lowest BCUT2D eigenvalue weighted by Crippen LogP contribution is -2.41. The number of H-pyrrole nitrogens is 1. The van der Waals surface area contributed by atoms with E-state index < -0.39 is 35.9 Å². The standard InChI is InChI=1S/C21H23N7O8/c22-21-26-17-16(19(33)27-21)24-12(9-23-17)10-28(36-8-7-29)13-3-1-11(2-4-13)18(32)25-14(20(34)35)5-6-15(30)31/h1-4,9,14,29H,5-8,10H2,(H,25,32)(H,30,31)(H,34,35)(H3,22,23,26,27,33)/t14-/m0/s1. The Morgan fingerprint density at radius 2 is 1.89 bits per heavy atom. The van der Waals surface area contributed by atoms with Crippen LogP contribution in [0, 0.1) is 0 Å². The first-order chi connectivity index (χ1) is 17.2. The van der Waals surface area contributed by atoms with Gasteiger partial charge in [0.15, 0.2) is 11.2 Å². The number of carbonyl (C=O) groups is 3. The number of nitrogens with zero attached hydrogens (tertiary/aromatic N) is 4. The second-order valence-electron chi connectivity index (χ2n) is 7.42. The monoisotopic (exact) mass is 501 g/mol. The van der Waals surface area contributed by atoms with Crippen LogP contribution in [0.3, 0.4) is 0 Å². The Hall–Kier alpha value is -4.63. The number of nitrogens with one attached hydrogen (secondary N) is 2. The summed E-state index contributed by atoms with van der Waals surface area (Å²) in [7, 11) is 0. The van der Waals surface area contributed by atoms with Crippen LogP contribution < -0.4 is 21.7 Å². The molecule has 0 radical (unpaired) electrons. The molecule has 0 aliphatic carbocycles. The first kappa shape index (κ1) is 26.0. The van der Waals surface area contributed by atoms with Gasteiger partial charge in [-0.3, -0.25) is 24.2 Å². The van der Waals surface area contributed by atoms with E-state index in [9.17, 15) is 29.4 Å². The van der Waals surface area contributed by atoms with Crippen molar-refractivity contribution in [2.45, 2.75) is 25.4 Å². The van der Waals surface area contributed by atoms with Crippen LogP contribution in [-0.4, -0.2) is 72.4 Å². The Labute approximate surface area is 202 Å². The highest BCUT2D eigenvalue weighted by Gasteiger charge is 2.22. The first-order valence-corrected chi connectivity index (χ1v) is 10.6. The van der Waals surface area contributed by atoms with E-state index in [0.717, 1.165) is 0 Å². The number of nitrogens with two attached hydrogens (primary N) is 1. The number of aliphatic carboxylic acids is 2. The fourth-order valence-corrected chi connectivity index (χ4v) is 3.10. The summed E-state index contributed by atoms with van der Waals surface area (Å²) < 4.78 is 0. The summed E-state index contributed by atoms with van der Waals surface area (Å²) >= 11 is 0. The molecule has 0 spiro atoms. The molecule has 1 amide bonds. The first-order valence-electron chi connectivity index (χ1n) is 10.6. The number of anilines is 2. The Bertz CT molecular complexity index is 1310. The van der Waals surface area contributed by atoms with Gasteiger partial charge in [0.05, 0.1) is 37.3 Å². The molecule has 7 N–H and O–H groups in total. The molecule has 2 aromatic heterocycles. The summed E-state index contributed by atoms with van der Waals surface area (Å²) in [5.41, 5.74) is 5.91. The van der Waals surface area contributed by atoms with Crippen LogP contribution in [0.1, 0.15) is 28.9 Å². The summed E-state index contributed by atoms with van der Waals surface area (Å²) in [6.45, 7) is -0.337. The van der Waals surface area contributed by atoms with Gasteiger partial charge in [0.2, 0.25) is 5.95 Å². The molecule has 3 aromatic rings. The lowest BCUT2D eigenvalue weighted by Gasteiger charge is -2.23. The molecule has 0 saturated carbocycles. The van der Waals surface area contributed by atoms with Crippen molar-refractivity contribution in [2.24, 2.45) is 0 Å². The van der Waals surface area contributed by atoms with Crippen molar-refractivity contribution < 1.29 is 34.5 Å². The number of rotatable bonds is 12. The highest BCUT2D eigenvalue weighted by Crippen LogP contribution is 2.19. The minimum absolute atomic E-state index is 0.00851. The van der Waals surface area contributed by atoms with E-state index in [-0.39, 0.29) is 48.9 Å². The molecule has 36 heavy (non-hydrogen) atoms. The van der Waals surface area contributed by atoms with Gasteiger partial charge in [-0.15, -0.1) is 0 Å². The van der Waals surface area contributed by atoms with Crippen LogP contribution >= 0.6 is 0 Å². The molecule has 0 saturated heterocycles.